The SMILES string of the molecule is CC1CCCCCC1NC1CCOc2c(Cl)cc(Cl)cc21. The molecular formula is C17H23Cl2NO. The molecule has 1 aliphatic carbocycles. The van der Waals surface area contributed by atoms with Crippen LogP contribution in [0.25, 0.3) is 0 Å². The molecule has 116 valence electrons. The molecule has 1 heterocycles. The van der Waals surface area contributed by atoms with Crippen LogP contribution in [0.15, 0.2) is 12.1 Å². The third-order valence-electron chi connectivity index (χ3n) is 4.84. The molecule has 21 heavy (non-hydrogen) atoms. The van der Waals surface area contributed by atoms with Crippen molar-refractivity contribution in [2.45, 2.75) is 57.5 Å². The highest BCUT2D eigenvalue weighted by Crippen LogP contribution is 2.40. The Bertz CT molecular complexity index is 506. The standard InChI is InChI=1S/C17H23Cl2NO/c1-11-5-3-2-4-6-15(11)20-16-7-8-21-17-13(16)9-12(18)10-14(17)19/h9-11,15-16,20H,2-8H2,1H3. The maximum atomic E-state index is 6.27. The summed E-state index contributed by atoms with van der Waals surface area (Å²) in [6.45, 7) is 3.08. The van der Waals surface area contributed by atoms with Crippen LogP contribution >= 0.6 is 23.2 Å². The Balaban J connectivity index is 1.81. The van der Waals surface area contributed by atoms with Gasteiger partial charge in [0.1, 0.15) is 5.75 Å². The van der Waals surface area contributed by atoms with Gasteiger partial charge < -0.3 is 10.1 Å². The van der Waals surface area contributed by atoms with Gasteiger partial charge >= 0.3 is 0 Å². The lowest BCUT2D eigenvalue weighted by molar-refractivity contribution is 0.228. The van der Waals surface area contributed by atoms with Crippen molar-refractivity contribution in [2.24, 2.45) is 5.92 Å². The first-order chi connectivity index (χ1) is 10.1. The summed E-state index contributed by atoms with van der Waals surface area (Å²) in [5, 5.41) is 5.17. The van der Waals surface area contributed by atoms with E-state index in [-0.39, 0.29) is 0 Å². The molecular weight excluding hydrogens is 305 g/mol. The number of benzene rings is 1. The Hall–Kier alpha value is -0.440. The van der Waals surface area contributed by atoms with E-state index in [0.717, 1.165) is 23.7 Å². The average molecular weight is 328 g/mol. The van der Waals surface area contributed by atoms with E-state index >= 15 is 0 Å². The maximum Gasteiger partial charge on any atom is 0.142 e. The molecule has 1 saturated carbocycles. The minimum atomic E-state index is 0.301. The van der Waals surface area contributed by atoms with E-state index in [2.05, 4.69) is 12.2 Å². The van der Waals surface area contributed by atoms with Crippen molar-refractivity contribution in [3.05, 3.63) is 27.7 Å². The van der Waals surface area contributed by atoms with Gasteiger partial charge in [-0.15, -0.1) is 0 Å². The fourth-order valence-electron chi connectivity index (χ4n) is 3.60. The summed E-state index contributed by atoms with van der Waals surface area (Å²) in [7, 11) is 0. The maximum absolute atomic E-state index is 6.27. The van der Waals surface area contributed by atoms with E-state index in [1.165, 1.54) is 32.1 Å². The van der Waals surface area contributed by atoms with Crippen molar-refractivity contribution in [3.8, 4) is 5.75 Å². The van der Waals surface area contributed by atoms with Gasteiger partial charge in [-0.3, -0.25) is 0 Å². The third kappa shape index (κ3) is 3.49. The number of rotatable bonds is 2. The molecule has 4 heteroatoms. The molecule has 0 saturated heterocycles. The molecule has 2 nitrogen and oxygen atoms in total. The lowest BCUT2D eigenvalue weighted by Gasteiger charge is -2.33. The van der Waals surface area contributed by atoms with Crippen molar-refractivity contribution in [1.82, 2.24) is 5.32 Å². The van der Waals surface area contributed by atoms with Crippen molar-refractivity contribution in [3.63, 3.8) is 0 Å². The van der Waals surface area contributed by atoms with Gasteiger partial charge in [-0.2, -0.15) is 0 Å². The van der Waals surface area contributed by atoms with Crippen LogP contribution in [0.1, 0.15) is 57.1 Å². The molecule has 3 rings (SSSR count). The molecule has 1 aromatic carbocycles. The van der Waals surface area contributed by atoms with Crippen molar-refractivity contribution in [2.75, 3.05) is 6.61 Å². The number of ether oxygens (including phenoxy) is 1. The van der Waals surface area contributed by atoms with Crippen LogP contribution < -0.4 is 10.1 Å². The van der Waals surface area contributed by atoms with E-state index in [4.69, 9.17) is 27.9 Å². The summed E-state index contributed by atoms with van der Waals surface area (Å²) < 4.78 is 5.75. The average Bonchev–Trinajstić information content (AvgIpc) is 2.65. The zero-order chi connectivity index (χ0) is 14.8. The minimum Gasteiger partial charge on any atom is -0.492 e. The quantitative estimate of drug-likeness (QED) is 0.736. The van der Waals surface area contributed by atoms with E-state index in [1.807, 2.05) is 6.07 Å². The number of halogens is 2. The van der Waals surface area contributed by atoms with Crippen LogP contribution in [0.3, 0.4) is 0 Å². The molecule has 3 unspecified atom stereocenters. The lowest BCUT2D eigenvalue weighted by atomic mass is 9.93. The number of hydrogen-bond donors (Lipinski definition) is 1. The summed E-state index contributed by atoms with van der Waals surface area (Å²) >= 11 is 12.5. The molecule has 1 N–H and O–H groups in total. The number of hydrogen-bond acceptors (Lipinski definition) is 2. The summed E-state index contributed by atoms with van der Waals surface area (Å²) in [6.07, 6.45) is 7.62. The Morgan fingerprint density at radius 3 is 2.76 bits per heavy atom. The Kier molecular flexibility index (Phi) is 4.98. The second kappa shape index (κ2) is 6.76. The second-order valence-electron chi connectivity index (χ2n) is 6.38. The normalized spacial score (nSPS) is 29.4. The molecule has 1 fully saturated rings. The van der Waals surface area contributed by atoms with E-state index in [0.29, 0.717) is 28.7 Å². The molecule has 0 amide bonds. The Labute approximate surface area is 137 Å². The van der Waals surface area contributed by atoms with Gasteiger partial charge in [0.2, 0.25) is 0 Å². The highest BCUT2D eigenvalue weighted by molar-refractivity contribution is 6.35. The van der Waals surface area contributed by atoms with Crippen LogP contribution in [-0.4, -0.2) is 12.6 Å². The number of fused-ring (bicyclic) bond motifs is 1. The predicted molar refractivity (Wildman–Crippen MR) is 88.5 cm³/mol. The first-order valence-corrected chi connectivity index (χ1v) is 8.78. The summed E-state index contributed by atoms with van der Waals surface area (Å²) in [4.78, 5) is 0. The molecule has 0 radical (unpaired) electrons. The van der Waals surface area contributed by atoms with Gasteiger partial charge in [0.15, 0.2) is 0 Å². The summed E-state index contributed by atoms with van der Waals surface area (Å²) in [5.41, 5.74) is 1.12. The zero-order valence-corrected chi connectivity index (χ0v) is 14.0. The number of nitrogens with one attached hydrogen (secondary N) is 1. The Morgan fingerprint density at radius 1 is 1.10 bits per heavy atom. The first-order valence-electron chi connectivity index (χ1n) is 8.03. The van der Waals surface area contributed by atoms with Crippen molar-refractivity contribution in [1.29, 1.82) is 0 Å². The predicted octanol–water partition coefficient (Wildman–Crippen LogP) is 5.38. The van der Waals surface area contributed by atoms with Crippen molar-refractivity contribution >= 4 is 23.2 Å². The minimum absolute atomic E-state index is 0.301. The largest absolute Gasteiger partial charge is 0.492 e. The molecule has 3 atom stereocenters. The fraction of sp³-hybridized carbons (Fsp3) is 0.647. The van der Waals surface area contributed by atoms with Gasteiger partial charge in [0, 0.05) is 29.1 Å². The van der Waals surface area contributed by atoms with Crippen LogP contribution in [0.5, 0.6) is 5.75 Å². The van der Waals surface area contributed by atoms with E-state index in [9.17, 15) is 0 Å². The topological polar surface area (TPSA) is 21.3 Å². The highest BCUT2D eigenvalue weighted by Gasteiger charge is 2.28. The van der Waals surface area contributed by atoms with Gasteiger partial charge in [-0.05, 0) is 30.9 Å². The summed E-state index contributed by atoms with van der Waals surface area (Å²) in [5.74, 6) is 1.54. The molecule has 0 spiro atoms. The van der Waals surface area contributed by atoms with Crippen molar-refractivity contribution < 1.29 is 4.74 Å². The lowest BCUT2D eigenvalue weighted by Crippen LogP contribution is -2.39. The van der Waals surface area contributed by atoms with Crippen LogP contribution in [-0.2, 0) is 0 Å². The van der Waals surface area contributed by atoms with Gasteiger partial charge in [-0.25, -0.2) is 0 Å². The zero-order valence-electron chi connectivity index (χ0n) is 12.5. The van der Waals surface area contributed by atoms with Crippen LogP contribution in [0, 0.1) is 5.92 Å². The monoisotopic (exact) mass is 327 g/mol. The first kappa shape index (κ1) is 15.5. The van der Waals surface area contributed by atoms with Crippen LogP contribution in [0.2, 0.25) is 10.0 Å². The van der Waals surface area contributed by atoms with E-state index < -0.39 is 0 Å². The highest BCUT2D eigenvalue weighted by atomic mass is 35.5. The second-order valence-corrected chi connectivity index (χ2v) is 7.23. The summed E-state index contributed by atoms with van der Waals surface area (Å²) in [6, 6.07) is 4.65. The Morgan fingerprint density at radius 2 is 1.90 bits per heavy atom. The molecule has 0 aromatic heterocycles. The molecule has 1 aliphatic heterocycles. The molecule has 1 aromatic rings. The van der Waals surface area contributed by atoms with Gasteiger partial charge in [0.05, 0.1) is 11.6 Å². The van der Waals surface area contributed by atoms with Gasteiger partial charge in [-0.1, -0.05) is 49.4 Å². The third-order valence-corrected chi connectivity index (χ3v) is 5.34. The van der Waals surface area contributed by atoms with Gasteiger partial charge in [0.25, 0.3) is 0 Å². The molecule has 2 aliphatic rings. The fourth-order valence-corrected chi connectivity index (χ4v) is 4.16. The molecule has 0 bridgehead atoms. The smallest absolute Gasteiger partial charge is 0.142 e. The van der Waals surface area contributed by atoms with Crippen LogP contribution in [0.4, 0.5) is 0 Å². The van der Waals surface area contributed by atoms with E-state index in [1.54, 1.807) is 6.07 Å².